The van der Waals surface area contributed by atoms with Gasteiger partial charge in [0.15, 0.2) is 17.5 Å². The van der Waals surface area contributed by atoms with E-state index in [2.05, 4.69) is 36.4 Å². The Morgan fingerprint density at radius 2 is 1.54 bits per heavy atom. The van der Waals surface area contributed by atoms with Crippen LogP contribution < -0.4 is 24.8 Å². The van der Waals surface area contributed by atoms with E-state index in [-0.39, 0.29) is 24.0 Å². The van der Waals surface area contributed by atoms with Crippen LogP contribution in [0.4, 0.5) is 0 Å². The second-order valence-electron chi connectivity index (χ2n) is 6.46. The first-order valence-electron chi connectivity index (χ1n) is 8.71. The molecule has 0 radical (unpaired) electrons. The number of benzene rings is 1. The fourth-order valence-corrected chi connectivity index (χ4v) is 2.49. The number of nitrogens with one attached hydrogen (secondary N) is 2. The zero-order valence-electron chi connectivity index (χ0n) is 17.0. The maximum atomic E-state index is 5.46. The van der Waals surface area contributed by atoms with Gasteiger partial charge in [-0.05, 0) is 31.7 Å². The van der Waals surface area contributed by atoms with Crippen molar-refractivity contribution in [1.82, 2.24) is 10.6 Å². The number of hydrogen-bond acceptors (Lipinski definition) is 4. The van der Waals surface area contributed by atoms with Crippen molar-refractivity contribution in [3.8, 4) is 17.2 Å². The molecule has 0 heterocycles. The lowest BCUT2D eigenvalue weighted by atomic mass is 10.0. The standard InChI is InChI=1S/C19H33N3O3.HI/c1-13(2)8-9-14(3)22-19(20-4)21-12-15-10-17(24-6)18(25-7)11-16(15)23-5;/h10-11,13-14H,8-9,12H2,1-7H3,(H2,20,21,22);1H. The average Bonchev–Trinajstić information content (AvgIpc) is 2.62. The van der Waals surface area contributed by atoms with Crippen LogP contribution in [-0.2, 0) is 6.54 Å². The highest BCUT2D eigenvalue weighted by molar-refractivity contribution is 14.0. The fourth-order valence-electron chi connectivity index (χ4n) is 2.49. The van der Waals surface area contributed by atoms with Crippen molar-refractivity contribution in [2.75, 3.05) is 28.4 Å². The maximum Gasteiger partial charge on any atom is 0.191 e. The van der Waals surface area contributed by atoms with Crippen molar-refractivity contribution in [1.29, 1.82) is 0 Å². The Balaban J connectivity index is 0.00000625. The summed E-state index contributed by atoms with van der Waals surface area (Å²) >= 11 is 0. The summed E-state index contributed by atoms with van der Waals surface area (Å²) in [6.07, 6.45) is 2.30. The van der Waals surface area contributed by atoms with Crippen LogP contribution in [0.1, 0.15) is 39.2 Å². The molecule has 1 aromatic rings. The number of nitrogens with zero attached hydrogens (tertiary/aromatic N) is 1. The second-order valence-corrected chi connectivity index (χ2v) is 6.46. The molecule has 0 aromatic heterocycles. The molecule has 2 N–H and O–H groups in total. The predicted octanol–water partition coefficient (Wildman–Crippen LogP) is 3.82. The first-order valence-corrected chi connectivity index (χ1v) is 8.71. The van der Waals surface area contributed by atoms with E-state index in [0.717, 1.165) is 23.7 Å². The van der Waals surface area contributed by atoms with Gasteiger partial charge in [0.2, 0.25) is 0 Å². The van der Waals surface area contributed by atoms with Crippen molar-refractivity contribution in [3.05, 3.63) is 17.7 Å². The minimum atomic E-state index is 0. The number of rotatable bonds is 9. The molecule has 0 aliphatic carbocycles. The van der Waals surface area contributed by atoms with Gasteiger partial charge >= 0.3 is 0 Å². The molecule has 0 amide bonds. The van der Waals surface area contributed by atoms with Gasteiger partial charge in [-0.2, -0.15) is 0 Å². The van der Waals surface area contributed by atoms with Crippen LogP contribution >= 0.6 is 24.0 Å². The minimum absolute atomic E-state index is 0. The Hall–Kier alpha value is -1.38. The van der Waals surface area contributed by atoms with E-state index >= 15 is 0 Å². The van der Waals surface area contributed by atoms with E-state index in [1.54, 1.807) is 28.4 Å². The van der Waals surface area contributed by atoms with Gasteiger partial charge in [0.05, 0.1) is 21.3 Å². The molecule has 0 saturated carbocycles. The number of ether oxygens (including phenoxy) is 3. The topological polar surface area (TPSA) is 64.1 Å². The van der Waals surface area contributed by atoms with Crippen molar-refractivity contribution < 1.29 is 14.2 Å². The number of guanidine groups is 1. The largest absolute Gasteiger partial charge is 0.496 e. The molecule has 6 nitrogen and oxygen atoms in total. The van der Waals surface area contributed by atoms with Crippen molar-refractivity contribution in [2.45, 2.75) is 46.2 Å². The highest BCUT2D eigenvalue weighted by atomic mass is 127. The smallest absolute Gasteiger partial charge is 0.191 e. The van der Waals surface area contributed by atoms with Crippen LogP contribution in [0, 0.1) is 5.92 Å². The van der Waals surface area contributed by atoms with Crippen LogP contribution in [-0.4, -0.2) is 40.4 Å². The molecule has 0 fully saturated rings. The molecule has 0 aliphatic heterocycles. The lowest BCUT2D eigenvalue weighted by molar-refractivity contribution is 0.347. The lowest BCUT2D eigenvalue weighted by Gasteiger charge is -2.20. The van der Waals surface area contributed by atoms with E-state index in [1.807, 2.05) is 12.1 Å². The van der Waals surface area contributed by atoms with Gasteiger partial charge in [-0.15, -0.1) is 24.0 Å². The molecule has 1 aromatic carbocycles. The number of aliphatic imine (C=N–C) groups is 1. The molecule has 1 atom stereocenters. The number of methoxy groups -OCH3 is 3. The summed E-state index contributed by atoms with van der Waals surface area (Å²) in [5, 5.41) is 6.75. The Labute approximate surface area is 175 Å². The van der Waals surface area contributed by atoms with E-state index in [4.69, 9.17) is 14.2 Å². The van der Waals surface area contributed by atoms with E-state index in [9.17, 15) is 0 Å². The molecule has 150 valence electrons. The fraction of sp³-hybridized carbons (Fsp3) is 0.632. The van der Waals surface area contributed by atoms with Gasteiger partial charge in [-0.25, -0.2) is 0 Å². The Kier molecular flexibility index (Phi) is 12.2. The molecular formula is C19H34IN3O3. The molecule has 1 rings (SSSR count). The van der Waals surface area contributed by atoms with E-state index in [0.29, 0.717) is 30.0 Å². The Bertz CT molecular complexity index is 565. The molecule has 26 heavy (non-hydrogen) atoms. The van der Waals surface area contributed by atoms with Crippen molar-refractivity contribution in [2.24, 2.45) is 10.9 Å². The monoisotopic (exact) mass is 479 g/mol. The summed E-state index contributed by atoms with van der Waals surface area (Å²) in [4.78, 5) is 4.30. The Morgan fingerprint density at radius 1 is 0.962 bits per heavy atom. The molecule has 0 spiro atoms. The average molecular weight is 479 g/mol. The molecule has 7 heteroatoms. The number of hydrogen-bond donors (Lipinski definition) is 2. The lowest BCUT2D eigenvalue weighted by Crippen LogP contribution is -2.42. The number of halogens is 1. The Morgan fingerprint density at radius 3 is 2.04 bits per heavy atom. The van der Waals surface area contributed by atoms with Gasteiger partial charge in [0, 0.05) is 31.3 Å². The highest BCUT2D eigenvalue weighted by Crippen LogP contribution is 2.34. The third-order valence-corrected chi connectivity index (χ3v) is 4.02. The molecule has 0 saturated heterocycles. The summed E-state index contributed by atoms with van der Waals surface area (Å²) in [5.74, 6) is 3.54. The van der Waals surface area contributed by atoms with Crippen LogP contribution in [0.25, 0.3) is 0 Å². The van der Waals surface area contributed by atoms with Crippen LogP contribution in [0.3, 0.4) is 0 Å². The molecule has 0 bridgehead atoms. The molecular weight excluding hydrogens is 445 g/mol. The third kappa shape index (κ3) is 7.88. The van der Waals surface area contributed by atoms with Crippen molar-refractivity contribution >= 4 is 29.9 Å². The van der Waals surface area contributed by atoms with E-state index in [1.165, 1.54) is 6.42 Å². The summed E-state index contributed by atoms with van der Waals surface area (Å²) < 4.78 is 16.2. The van der Waals surface area contributed by atoms with Gasteiger partial charge in [-0.3, -0.25) is 4.99 Å². The van der Waals surface area contributed by atoms with Crippen molar-refractivity contribution in [3.63, 3.8) is 0 Å². The van der Waals surface area contributed by atoms with Crippen LogP contribution in [0.2, 0.25) is 0 Å². The van der Waals surface area contributed by atoms with Gasteiger partial charge in [-0.1, -0.05) is 13.8 Å². The predicted molar refractivity (Wildman–Crippen MR) is 118 cm³/mol. The molecule has 0 aliphatic rings. The first kappa shape index (κ1) is 24.6. The van der Waals surface area contributed by atoms with Crippen LogP contribution in [0.5, 0.6) is 17.2 Å². The maximum absolute atomic E-state index is 5.46. The normalized spacial score (nSPS) is 12.2. The zero-order chi connectivity index (χ0) is 18.8. The van der Waals surface area contributed by atoms with Gasteiger partial charge in [0.1, 0.15) is 5.75 Å². The summed E-state index contributed by atoms with van der Waals surface area (Å²) in [6, 6.07) is 4.11. The highest BCUT2D eigenvalue weighted by Gasteiger charge is 2.13. The second kappa shape index (κ2) is 12.9. The quantitative estimate of drug-likeness (QED) is 0.320. The summed E-state index contributed by atoms with van der Waals surface area (Å²) in [7, 11) is 6.65. The van der Waals surface area contributed by atoms with Gasteiger partial charge < -0.3 is 24.8 Å². The molecule has 1 unspecified atom stereocenters. The zero-order valence-corrected chi connectivity index (χ0v) is 19.3. The summed E-state index contributed by atoms with van der Waals surface area (Å²) in [6.45, 7) is 7.22. The third-order valence-electron chi connectivity index (χ3n) is 4.02. The van der Waals surface area contributed by atoms with E-state index < -0.39 is 0 Å². The van der Waals surface area contributed by atoms with Gasteiger partial charge in [0.25, 0.3) is 0 Å². The van der Waals surface area contributed by atoms with Crippen LogP contribution in [0.15, 0.2) is 17.1 Å². The minimum Gasteiger partial charge on any atom is -0.496 e. The first-order chi connectivity index (χ1) is 11.9. The summed E-state index contributed by atoms with van der Waals surface area (Å²) in [5.41, 5.74) is 0.970. The SMILES string of the molecule is CN=C(NCc1cc(OC)c(OC)cc1OC)NC(C)CCC(C)C.I.